The van der Waals surface area contributed by atoms with Crippen LogP contribution in [0.15, 0.2) is 12.2 Å². The third kappa shape index (κ3) is 4.41. The highest BCUT2D eigenvalue weighted by molar-refractivity contribution is 6.12. The maximum absolute atomic E-state index is 12.6. The lowest BCUT2D eigenvalue weighted by molar-refractivity contribution is -0.153. The monoisotopic (exact) mass is 339 g/mol. The van der Waals surface area contributed by atoms with E-state index < -0.39 is 35.8 Å². The zero-order chi connectivity index (χ0) is 18.6. The molecule has 8 nitrogen and oxygen atoms in total. The fraction of sp³-hybridized carbons (Fsp3) is 0.625. The summed E-state index contributed by atoms with van der Waals surface area (Å²) in [4.78, 5) is 49.6. The van der Waals surface area contributed by atoms with Crippen LogP contribution in [0.25, 0.3) is 0 Å². The second-order valence-electron chi connectivity index (χ2n) is 6.49. The molecule has 1 aliphatic rings. The van der Waals surface area contributed by atoms with Gasteiger partial charge in [0.2, 0.25) is 5.91 Å². The average Bonchev–Trinajstić information content (AvgIpc) is 2.79. The maximum atomic E-state index is 12.6. The van der Waals surface area contributed by atoms with Crippen molar-refractivity contribution in [2.24, 2.45) is 17.6 Å². The van der Waals surface area contributed by atoms with Crippen molar-refractivity contribution in [3.8, 4) is 0 Å². The highest BCUT2D eigenvalue weighted by Gasteiger charge is 2.36. The van der Waals surface area contributed by atoms with E-state index in [2.05, 4.69) is 0 Å². The lowest BCUT2D eigenvalue weighted by atomic mass is 9.98. The van der Waals surface area contributed by atoms with E-state index in [1.165, 1.54) is 0 Å². The minimum absolute atomic E-state index is 0.0717. The molecule has 8 heteroatoms. The number of aliphatic carboxylic acids is 1. The van der Waals surface area contributed by atoms with Gasteiger partial charge in [0.05, 0.1) is 6.04 Å². The molecule has 1 aliphatic heterocycles. The number of hydrogen-bond acceptors (Lipinski definition) is 5. The number of carboxylic acid groups (broad SMARTS) is 1. The van der Waals surface area contributed by atoms with Gasteiger partial charge in [0.25, 0.3) is 11.8 Å². The van der Waals surface area contributed by atoms with Crippen molar-refractivity contribution >= 4 is 23.7 Å². The van der Waals surface area contributed by atoms with E-state index in [0.717, 1.165) is 22.0 Å². The van der Waals surface area contributed by atoms with Crippen LogP contribution in [0.3, 0.4) is 0 Å². The summed E-state index contributed by atoms with van der Waals surface area (Å²) in [5.41, 5.74) is 5.89. The van der Waals surface area contributed by atoms with Crippen LogP contribution in [0.5, 0.6) is 0 Å². The highest BCUT2D eigenvalue weighted by Crippen LogP contribution is 2.16. The number of nitrogens with two attached hydrogens (primary N) is 1. The molecule has 0 aliphatic carbocycles. The van der Waals surface area contributed by atoms with Gasteiger partial charge in [0.15, 0.2) is 0 Å². The van der Waals surface area contributed by atoms with Gasteiger partial charge in [-0.15, -0.1) is 0 Å². The van der Waals surface area contributed by atoms with Gasteiger partial charge in [-0.05, 0) is 11.8 Å². The number of rotatable bonds is 8. The second-order valence-corrected chi connectivity index (χ2v) is 6.49. The Bertz CT molecular complexity index is 538. The van der Waals surface area contributed by atoms with Crippen molar-refractivity contribution in [3.05, 3.63) is 12.2 Å². The Hall–Kier alpha value is -2.22. The molecule has 1 heterocycles. The van der Waals surface area contributed by atoms with Gasteiger partial charge in [-0.3, -0.25) is 19.3 Å². The van der Waals surface area contributed by atoms with Crippen molar-refractivity contribution in [1.82, 2.24) is 9.80 Å². The Balaban J connectivity index is 3.00. The molecule has 0 radical (unpaired) electrons. The van der Waals surface area contributed by atoms with Crippen molar-refractivity contribution in [1.29, 1.82) is 0 Å². The Morgan fingerprint density at radius 1 is 1.12 bits per heavy atom. The van der Waals surface area contributed by atoms with E-state index in [1.54, 1.807) is 27.7 Å². The van der Waals surface area contributed by atoms with Crippen LogP contribution in [0.2, 0.25) is 0 Å². The number of amides is 3. The summed E-state index contributed by atoms with van der Waals surface area (Å²) in [5.74, 6) is -3.12. The third-order valence-corrected chi connectivity index (χ3v) is 3.97. The Labute approximate surface area is 141 Å². The smallest absolute Gasteiger partial charge is 0.326 e. The summed E-state index contributed by atoms with van der Waals surface area (Å²) in [6.07, 6.45) is 2.29. The molecule has 24 heavy (non-hydrogen) atoms. The highest BCUT2D eigenvalue weighted by atomic mass is 16.4. The van der Waals surface area contributed by atoms with Crippen LogP contribution in [-0.2, 0) is 19.2 Å². The summed E-state index contributed by atoms with van der Waals surface area (Å²) in [7, 11) is 0. The van der Waals surface area contributed by atoms with E-state index in [9.17, 15) is 24.3 Å². The van der Waals surface area contributed by atoms with Gasteiger partial charge in [-0.25, -0.2) is 4.79 Å². The molecule has 0 saturated carbocycles. The lowest BCUT2D eigenvalue weighted by Crippen LogP contribution is -2.56. The van der Waals surface area contributed by atoms with E-state index in [-0.39, 0.29) is 24.9 Å². The molecule has 0 fully saturated rings. The first-order chi connectivity index (χ1) is 11.1. The molecular weight excluding hydrogens is 314 g/mol. The third-order valence-electron chi connectivity index (χ3n) is 3.97. The second kappa shape index (κ2) is 8.05. The standard InChI is InChI=1S/C16H25N3O5/c1-9(2)13(17)15(22)19(14(10(3)4)16(23)24)8-7-18-11(20)5-6-12(18)21/h5-6,9-10,13-14H,7-8,17H2,1-4H3,(H,23,24)/t13-,14-/m0/s1. The number of imide groups is 1. The van der Waals surface area contributed by atoms with Crippen LogP contribution < -0.4 is 5.73 Å². The molecule has 0 saturated heterocycles. The molecule has 0 unspecified atom stereocenters. The zero-order valence-electron chi connectivity index (χ0n) is 14.4. The SMILES string of the molecule is CC(C)[C@H](N)C(=O)N(CCN1C(=O)C=CC1=O)[C@H](C(=O)O)C(C)C. The molecule has 1 rings (SSSR count). The molecule has 0 aromatic rings. The van der Waals surface area contributed by atoms with Crippen LogP contribution in [0, 0.1) is 11.8 Å². The zero-order valence-corrected chi connectivity index (χ0v) is 14.4. The lowest BCUT2D eigenvalue weighted by Gasteiger charge is -2.35. The largest absolute Gasteiger partial charge is 0.480 e. The van der Waals surface area contributed by atoms with Gasteiger partial charge < -0.3 is 15.7 Å². The number of carbonyl (C=O) groups excluding carboxylic acids is 3. The minimum Gasteiger partial charge on any atom is -0.480 e. The van der Waals surface area contributed by atoms with E-state index in [0.29, 0.717) is 0 Å². The summed E-state index contributed by atoms with van der Waals surface area (Å²) in [6.45, 7) is 6.76. The fourth-order valence-corrected chi connectivity index (χ4v) is 2.50. The van der Waals surface area contributed by atoms with E-state index in [1.807, 2.05) is 0 Å². The average molecular weight is 339 g/mol. The predicted octanol–water partition coefficient (Wildman–Crippen LogP) is -0.167. The number of hydrogen-bond donors (Lipinski definition) is 2. The summed E-state index contributed by atoms with van der Waals surface area (Å²) < 4.78 is 0. The Kier molecular flexibility index (Phi) is 6.65. The van der Waals surface area contributed by atoms with Crippen LogP contribution in [0.4, 0.5) is 0 Å². The van der Waals surface area contributed by atoms with Crippen LogP contribution in [0.1, 0.15) is 27.7 Å². The molecule has 134 valence electrons. The number of carboxylic acids is 1. The van der Waals surface area contributed by atoms with Crippen molar-refractivity contribution < 1.29 is 24.3 Å². The predicted molar refractivity (Wildman–Crippen MR) is 86.6 cm³/mol. The molecule has 0 bridgehead atoms. The molecule has 0 spiro atoms. The van der Waals surface area contributed by atoms with Gasteiger partial charge in [0, 0.05) is 25.2 Å². The maximum Gasteiger partial charge on any atom is 0.326 e. The molecule has 2 atom stereocenters. The van der Waals surface area contributed by atoms with Crippen molar-refractivity contribution in [2.45, 2.75) is 39.8 Å². The number of carbonyl (C=O) groups is 4. The van der Waals surface area contributed by atoms with Crippen LogP contribution in [-0.4, -0.2) is 63.8 Å². The normalized spacial score (nSPS) is 16.9. The van der Waals surface area contributed by atoms with E-state index in [4.69, 9.17) is 5.73 Å². The molecule has 3 N–H and O–H groups in total. The quantitative estimate of drug-likeness (QED) is 0.592. The van der Waals surface area contributed by atoms with E-state index >= 15 is 0 Å². The van der Waals surface area contributed by atoms with Gasteiger partial charge >= 0.3 is 5.97 Å². The van der Waals surface area contributed by atoms with Gasteiger partial charge in [-0.2, -0.15) is 0 Å². The fourth-order valence-electron chi connectivity index (χ4n) is 2.50. The molecule has 0 aromatic carbocycles. The topological polar surface area (TPSA) is 121 Å². The van der Waals surface area contributed by atoms with Crippen molar-refractivity contribution in [3.63, 3.8) is 0 Å². The summed E-state index contributed by atoms with van der Waals surface area (Å²) in [5, 5.41) is 9.48. The summed E-state index contributed by atoms with van der Waals surface area (Å²) >= 11 is 0. The first-order valence-electron chi connectivity index (χ1n) is 7.90. The minimum atomic E-state index is -1.15. The molecular formula is C16H25N3O5. The molecule has 0 aromatic heterocycles. The number of nitrogens with zero attached hydrogens (tertiary/aromatic N) is 2. The van der Waals surface area contributed by atoms with Gasteiger partial charge in [0.1, 0.15) is 6.04 Å². The Morgan fingerprint density at radius 3 is 2.00 bits per heavy atom. The summed E-state index contributed by atoms with van der Waals surface area (Å²) in [6, 6.07) is -1.93. The first-order valence-corrected chi connectivity index (χ1v) is 7.90. The van der Waals surface area contributed by atoms with Gasteiger partial charge in [-0.1, -0.05) is 27.7 Å². The molecule has 3 amide bonds. The Morgan fingerprint density at radius 2 is 1.62 bits per heavy atom. The first kappa shape index (κ1) is 19.8. The van der Waals surface area contributed by atoms with Crippen molar-refractivity contribution in [2.75, 3.05) is 13.1 Å². The van der Waals surface area contributed by atoms with Crippen LogP contribution >= 0.6 is 0 Å².